The number of nitrogens with zero attached hydrogens (tertiary/aromatic N) is 1. The number of halogens is 1. The quantitative estimate of drug-likeness (QED) is 0.796. The van der Waals surface area contributed by atoms with Gasteiger partial charge in [-0.15, -0.1) is 0 Å². The molecule has 3 heteroatoms. The average Bonchev–Trinajstić information content (AvgIpc) is 2.68. The molecular weight excluding hydrogens is 266 g/mol. The average molecular weight is 284 g/mol. The third-order valence-electron chi connectivity index (χ3n) is 3.31. The lowest BCUT2D eigenvalue weighted by molar-refractivity contribution is 0.0932. The van der Waals surface area contributed by atoms with E-state index >= 15 is 0 Å². The number of rotatable bonds is 3. The van der Waals surface area contributed by atoms with Crippen LogP contribution >= 0.6 is 15.9 Å². The first-order valence-electron chi connectivity index (χ1n) is 5.84. The molecule has 0 aromatic carbocycles. The van der Waals surface area contributed by atoms with Gasteiger partial charge in [0.25, 0.3) is 0 Å². The molecule has 1 aliphatic heterocycles. The van der Waals surface area contributed by atoms with Crippen LogP contribution in [0.4, 0.5) is 0 Å². The molecule has 88 valence electrons. The molecule has 3 atom stereocenters. The van der Waals surface area contributed by atoms with Crippen molar-refractivity contribution in [2.75, 3.05) is 6.61 Å². The molecule has 2 nitrogen and oxygen atoms in total. The molecular formula is C13H18BrNO. The minimum atomic E-state index is 0.335. The van der Waals surface area contributed by atoms with Gasteiger partial charge in [0.15, 0.2) is 0 Å². The Hall–Kier alpha value is -0.410. The van der Waals surface area contributed by atoms with E-state index in [9.17, 15) is 0 Å². The Morgan fingerprint density at radius 3 is 3.06 bits per heavy atom. The van der Waals surface area contributed by atoms with E-state index < -0.39 is 0 Å². The monoisotopic (exact) mass is 283 g/mol. The minimum absolute atomic E-state index is 0.335. The fourth-order valence-electron chi connectivity index (χ4n) is 2.21. The largest absolute Gasteiger partial charge is 0.377 e. The fraction of sp³-hybridized carbons (Fsp3) is 0.615. The molecule has 1 fully saturated rings. The maximum absolute atomic E-state index is 5.76. The molecule has 0 spiro atoms. The van der Waals surface area contributed by atoms with Gasteiger partial charge in [0.05, 0.1) is 6.10 Å². The van der Waals surface area contributed by atoms with E-state index in [1.54, 1.807) is 0 Å². The standard InChI is InChI=1S/C13H18BrNO/c1-9-4-3-6-15-12(9)8-11(14)13-10(2)5-7-16-13/h3-4,6,10-11,13H,5,7-8H2,1-2H3. The Labute approximate surface area is 106 Å². The molecule has 16 heavy (non-hydrogen) atoms. The predicted molar refractivity (Wildman–Crippen MR) is 68.9 cm³/mol. The minimum Gasteiger partial charge on any atom is -0.377 e. The van der Waals surface area contributed by atoms with E-state index in [4.69, 9.17) is 4.74 Å². The fourth-order valence-corrected chi connectivity index (χ4v) is 3.19. The molecule has 0 bridgehead atoms. The van der Waals surface area contributed by atoms with Crippen molar-refractivity contribution in [2.24, 2.45) is 5.92 Å². The van der Waals surface area contributed by atoms with Gasteiger partial charge in [0, 0.05) is 29.7 Å². The second-order valence-electron chi connectivity index (χ2n) is 4.59. The molecule has 1 aliphatic rings. The van der Waals surface area contributed by atoms with Gasteiger partial charge in [-0.05, 0) is 30.9 Å². The maximum Gasteiger partial charge on any atom is 0.0730 e. The summed E-state index contributed by atoms with van der Waals surface area (Å²) in [6, 6.07) is 4.09. The molecule has 3 unspecified atom stereocenters. The number of hydrogen-bond acceptors (Lipinski definition) is 2. The van der Waals surface area contributed by atoms with Crippen LogP contribution in [0.25, 0.3) is 0 Å². The maximum atomic E-state index is 5.76. The molecule has 2 rings (SSSR count). The summed E-state index contributed by atoms with van der Waals surface area (Å²) in [5, 5.41) is 0. The zero-order valence-corrected chi connectivity index (χ0v) is 11.4. The van der Waals surface area contributed by atoms with Gasteiger partial charge in [-0.1, -0.05) is 28.9 Å². The Balaban J connectivity index is 2.02. The SMILES string of the molecule is Cc1cccnc1CC(Br)C1OCCC1C. The molecule has 0 saturated carbocycles. The molecule has 0 aliphatic carbocycles. The van der Waals surface area contributed by atoms with E-state index in [0.717, 1.165) is 13.0 Å². The summed E-state index contributed by atoms with van der Waals surface area (Å²) in [4.78, 5) is 4.80. The van der Waals surface area contributed by atoms with Crippen LogP contribution in [-0.4, -0.2) is 22.5 Å². The highest BCUT2D eigenvalue weighted by atomic mass is 79.9. The van der Waals surface area contributed by atoms with Crippen LogP contribution in [0, 0.1) is 12.8 Å². The summed E-state index contributed by atoms with van der Waals surface area (Å²) < 4.78 is 5.76. The van der Waals surface area contributed by atoms with Crippen molar-refractivity contribution in [3.05, 3.63) is 29.6 Å². The van der Waals surface area contributed by atoms with Crippen molar-refractivity contribution >= 4 is 15.9 Å². The van der Waals surface area contributed by atoms with Crippen molar-refractivity contribution in [1.82, 2.24) is 4.98 Å². The highest BCUT2D eigenvalue weighted by Gasteiger charge is 2.30. The van der Waals surface area contributed by atoms with Crippen molar-refractivity contribution in [3.8, 4) is 0 Å². The van der Waals surface area contributed by atoms with Crippen LogP contribution in [0.3, 0.4) is 0 Å². The topological polar surface area (TPSA) is 22.1 Å². The van der Waals surface area contributed by atoms with Gasteiger partial charge in [-0.2, -0.15) is 0 Å². The van der Waals surface area contributed by atoms with Crippen LogP contribution < -0.4 is 0 Å². The smallest absolute Gasteiger partial charge is 0.0730 e. The molecule has 1 saturated heterocycles. The number of aryl methyl sites for hydroxylation is 1. The van der Waals surface area contributed by atoms with Gasteiger partial charge >= 0.3 is 0 Å². The molecule has 0 radical (unpaired) electrons. The number of hydrogen-bond donors (Lipinski definition) is 0. The summed E-state index contributed by atoms with van der Waals surface area (Å²) in [7, 11) is 0. The summed E-state index contributed by atoms with van der Waals surface area (Å²) in [6.07, 6.45) is 4.32. The Morgan fingerprint density at radius 1 is 1.62 bits per heavy atom. The first kappa shape index (κ1) is 12.1. The molecule has 0 N–H and O–H groups in total. The highest BCUT2D eigenvalue weighted by Crippen LogP contribution is 2.28. The van der Waals surface area contributed by atoms with Gasteiger partial charge in [-0.25, -0.2) is 0 Å². The summed E-state index contributed by atoms with van der Waals surface area (Å²) >= 11 is 3.75. The number of pyridine rings is 1. The predicted octanol–water partition coefficient (Wildman–Crippen LogP) is 3.12. The lowest BCUT2D eigenvalue weighted by atomic mass is 9.98. The molecule has 2 heterocycles. The van der Waals surface area contributed by atoms with E-state index in [1.807, 2.05) is 12.3 Å². The Bertz CT molecular complexity index is 356. The Kier molecular flexibility index (Phi) is 3.98. The van der Waals surface area contributed by atoms with Crippen LogP contribution in [-0.2, 0) is 11.2 Å². The molecule has 1 aromatic heterocycles. The van der Waals surface area contributed by atoms with E-state index in [0.29, 0.717) is 16.8 Å². The van der Waals surface area contributed by atoms with Crippen molar-refractivity contribution in [2.45, 2.75) is 37.6 Å². The number of alkyl halides is 1. The first-order chi connectivity index (χ1) is 7.68. The van der Waals surface area contributed by atoms with Crippen LogP contribution in [0.5, 0.6) is 0 Å². The van der Waals surface area contributed by atoms with Gasteiger partial charge in [0.1, 0.15) is 0 Å². The van der Waals surface area contributed by atoms with Gasteiger partial charge in [-0.3, -0.25) is 4.98 Å². The summed E-state index contributed by atoms with van der Waals surface area (Å²) in [5.41, 5.74) is 2.43. The van der Waals surface area contributed by atoms with Crippen LogP contribution in [0.1, 0.15) is 24.6 Å². The van der Waals surface area contributed by atoms with Gasteiger partial charge < -0.3 is 4.74 Å². The lowest BCUT2D eigenvalue weighted by Crippen LogP contribution is -2.27. The molecule has 1 aromatic rings. The van der Waals surface area contributed by atoms with Crippen molar-refractivity contribution in [3.63, 3.8) is 0 Å². The summed E-state index contributed by atoms with van der Waals surface area (Å²) in [6.45, 7) is 5.27. The summed E-state index contributed by atoms with van der Waals surface area (Å²) in [5.74, 6) is 0.647. The van der Waals surface area contributed by atoms with Crippen LogP contribution in [0.15, 0.2) is 18.3 Å². The lowest BCUT2D eigenvalue weighted by Gasteiger charge is -2.21. The third-order valence-corrected chi connectivity index (χ3v) is 4.15. The number of aromatic nitrogens is 1. The Morgan fingerprint density at radius 2 is 2.44 bits per heavy atom. The van der Waals surface area contributed by atoms with Crippen molar-refractivity contribution in [1.29, 1.82) is 0 Å². The van der Waals surface area contributed by atoms with Gasteiger partial charge in [0.2, 0.25) is 0 Å². The molecule has 0 amide bonds. The number of ether oxygens (including phenoxy) is 1. The second-order valence-corrected chi connectivity index (χ2v) is 5.76. The van der Waals surface area contributed by atoms with Crippen LogP contribution in [0.2, 0.25) is 0 Å². The van der Waals surface area contributed by atoms with E-state index in [-0.39, 0.29) is 0 Å². The van der Waals surface area contributed by atoms with E-state index in [1.165, 1.54) is 17.7 Å². The highest BCUT2D eigenvalue weighted by molar-refractivity contribution is 9.09. The van der Waals surface area contributed by atoms with E-state index in [2.05, 4.69) is 40.8 Å². The zero-order valence-electron chi connectivity index (χ0n) is 9.82. The van der Waals surface area contributed by atoms with Crippen molar-refractivity contribution < 1.29 is 4.74 Å². The first-order valence-corrected chi connectivity index (χ1v) is 6.76. The second kappa shape index (κ2) is 5.28. The zero-order chi connectivity index (χ0) is 11.5. The normalized spacial score (nSPS) is 26.9. The third kappa shape index (κ3) is 2.64.